The minimum Gasteiger partial charge on any atom is -0.384 e. The second-order valence-corrected chi connectivity index (χ2v) is 7.13. The number of benzene rings is 1. The Kier molecular flexibility index (Phi) is 4.64. The minimum absolute atomic E-state index is 0.0539. The molecular weight excluding hydrogens is 380 g/mol. The van der Waals surface area contributed by atoms with Crippen LogP contribution in [0.2, 0.25) is 5.02 Å². The second-order valence-electron chi connectivity index (χ2n) is 6.69. The zero-order valence-electron chi connectivity index (χ0n) is 15.2. The lowest BCUT2D eigenvalue weighted by Crippen LogP contribution is -2.24. The van der Waals surface area contributed by atoms with Gasteiger partial charge in [0.05, 0.1) is 11.9 Å². The van der Waals surface area contributed by atoms with Gasteiger partial charge in [-0.1, -0.05) is 11.6 Å². The topological polar surface area (TPSA) is 106 Å². The summed E-state index contributed by atoms with van der Waals surface area (Å²) in [5, 5.41) is 7.56. The molecule has 0 aliphatic carbocycles. The number of hydrogen-bond acceptors (Lipinski definition) is 5. The maximum Gasteiger partial charge on any atom is 0.261 e. The van der Waals surface area contributed by atoms with Crippen LogP contribution in [0.1, 0.15) is 35.3 Å². The summed E-state index contributed by atoms with van der Waals surface area (Å²) in [5.74, 6) is 0.0655. The van der Waals surface area contributed by atoms with Crippen molar-refractivity contribution in [1.82, 2.24) is 19.5 Å². The van der Waals surface area contributed by atoms with E-state index in [0.717, 1.165) is 0 Å². The first kappa shape index (κ1) is 18.2. The van der Waals surface area contributed by atoms with Crippen molar-refractivity contribution in [3.05, 3.63) is 52.8 Å². The molecule has 0 saturated carbocycles. The number of likely N-dealkylation sites (tertiary alicyclic amines) is 1. The molecule has 1 unspecified atom stereocenters. The monoisotopic (exact) mass is 398 g/mol. The smallest absolute Gasteiger partial charge is 0.261 e. The van der Waals surface area contributed by atoms with E-state index < -0.39 is 0 Å². The Balaban J connectivity index is 1.66. The standard InChI is InChI=1S/C19H19ClN6O2/c1-2-25-10-11(7-17(25)27)15-8-16(21)26-18(24-15)14(9-22-26)19(28)23-13-5-3-12(20)4-6-13/h3-6,8-9,11H,2,7,10,21H2,1H3,(H,23,28). The van der Waals surface area contributed by atoms with Crippen molar-refractivity contribution >= 4 is 40.6 Å². The maximum atomic E-state index is 12.7. The van der Waals surface area contributed by atoms with Crippen molar-refractivity contribution in [2.75, 3.05) is 24.1 Å². The van der Waals surface area contributed by atoms with Crippen molar-refractivity contribution in [2.24, 2.45) is 0 Å². The third-order valence-corrected chi connectivity index (χ3v) is 5.13. The van der Waals surface area contributed by atoms with Gasteiger partial charge in [0, 0.05) is 42.2 Å². The van der Waals surface area contributed by atoms with E-state index in [4.69, 9.17) is 17.3 Å². The van der Waals surface area contributed by atoms with Crippen LogP contribution in [-0.4, -0.2) is 44.4 Å². The summed E-state index contributed by atoms with van der Waals surface area (Å²) in [6, 6.07) is 8.53. The molecule has 144 valence electrons. The van der Waals surface area contributed by atoms with E-state index in [1.54, 1.807) is 35.2 Å². The molecule has 1 fully saturated rings. The van der Waals surface area contributed by atoms with E-state index in [1.165, 1.54) is 10.7 Å². The number of halogens is 1. The number of likely N-dealkylation sites (N-methyl/N-ethyl adjacent to an activating group) is 1. The number of anilines is 2. The molecule has 1 saturated heterocycles. The van der Waals surface area contributed by atoms with Crippen LogP contribution in [0.15, 0.2) is 36.5 Å². The Morgan fingerprint density at radius 2 is 2.11 bits per heavy atom. The fourth-order valence-corrected chi connectivity index (χ4v) is 3.51. The number of aromatic nitrogens is 3. The minimum atomic E-state index is -0.348. The number of nitrogens with zero attached hydrogens (tertiary/aromatic N) is 4. The van der Waals surface area contributed by atoms with Gasteiger partial charge < -0.3 is 16.0 Å². The van der Waals surface area contributed by atoms with Gasteiger partial charge in [-0.15, -0.1) is 0 Å². The van der Waals surface area contributed by atoms with Gasteiger partial charge in [0.1, 0.15) is 11.4 Å². The third-order valence-electron chi connectivity index (χ3n) is 4.88. The summed E-state index contributed by atoms with van der Waals surface area (Å²) in [7, 11) is 0. The van der Waals surface area contributed by atoms with Crippen LogP contribution in [0, 0.1) is 0 Å². The average molecular weight is 399 g/mol. The molecule has 0 spiro atoms. The summed E-state index contributed by atoms with van der Waals surface area (Å²) in [5.41, 5.74) is 8.09. The molecule has 0 radical (unpaired) electrons. The van der Waals surface area contributed by atoms with Gasteiger partial charge >= 0.3 is 0 Å². The van der Waals surface area contributed by atoms with Gasteiger partial charge in [-0.3, -0.25) is 9.59 Å². The molecule has 4 rings (SSSR count). The Hall–Kier alpha value is -3.13. The molecule has 9 heteroatoms. The molecule has 3 aromatic rings. The molecule has 8 nitrogen and oxygen atoms in total. The number of nitrogens with one attached hydrogen (secondary N) is 1. The lowest BCUT2D eigenvalue weighted by atomic mass is 10.0. The van der Waals surface area contributed by atoms with Crippen molar-refractivity contribution in [1.29, 1.82) is 0 Å². The first-order valence-corrected chi connectivity index (χ1v) is 9.33. The Morgan fingerprint density at radius 1 is 1.36 bits per heavy atom. The van der Waals surface area contributed by atoms with Gasteiger partial charge in [-0.2, -0.15) is 9.61 Å². The van der Waals surface area contributed by atoms with Crippen LogP contribution in [0.5, 0.6) is 0 Å². The van der Waals surface area contributed by atoms with Crippen LogP contribution in [0.4, 0.5) is 11.5 Å². The number of nitrogen functional groups attached to an aromatic ring is 1. The van der Waals surface area contributed by atoms with Gasteiger partial charge in [-0.25, -0.2) is 4.98 Å². The van der Waals surface area contributed by atoms with Crippen molar-refractivity contribution < 1.29 is 9.59 Å². The fraction of sp³-hybridized carbons (Fsp3) is 0.263. The molecule has 28 heavy (non-hydrogen) atoms. The van der Waals surface area contributed by atoms with E-state index in [9.17, 15) is 9.59 Å². The van der Waals surface area contributed by atoms with Crippen LogP contribution < -0.4 is 11.1 Å². The zero-order chi connectivity index (χ0) is 19.8. The summed E-state index contributed by atoms with van der Waals surface area (Å²) in [6.07, 6.45) is 1.82. The van der Waals surface area contributed by atoms with E-state index in [2.05, 4.69) is 15.4 Å². The van der Waals surface area contributed by atoms with E-state index in [-0.39, 0.29) is 17.7 Å². The molecule has 3 heterocycles. The van der Waals surface area contributed by atoms with Crippen LogP contribution in [-0.2, 0) is 4.79 Å². The highest BCUT2D eigenvalue weighted by molar-refractivity contribution is 6.30. The van der Waals surface area contributed by atoms with Gasteiger partial charge in [0.25, 0.3) is 5.91 Å². The molecule has 3 N–H and O–H groups in total. The molecule has 1 atom stereocenters. The van der Waals surface area contributed by atoms with Crippen LogP contribution in [0.25, 0.3) is 5.65 Å². The second kappa shape index (κ2) is 7.12. The predicted octanol–water partition coefficient (Wildman–Crippen LogP) is 2.55. The number of amides is 2. The van der Waals surface area contributed by atoms with E-state index in [1.807, 2.05) is 6.92 Å². The normalized spacial score (nSPS) is 16.7. The van der Waals surface area contributed by atoms with Gasteiger partial charge in [0.15, 0.2) is 5.65 Å². The van der Waals surface area contributed by atoms with Crippen molar-refractivity contribution in [3.63, 3.8) is 0 Å². The quantitative estimate of drug-likeness (QED) is 0.702. The van der Waals surface area contributed by atoms with Crippen molar-refractivity contribution in [2.45, 2.75) is 19.3 Å². The summed E-state index contributed by atoms with van der Waals surface area (Å²) in [4.78, 5) is 31.2. The lowest BCUT2D eigenvalue weighted by molar-refractivity contribution is -0.127. The Morgan fingerprint density at radius 3 is 2.79 bits per heavy atom. The molecule has 2 amide bonds. The van der Waals surface area contributed by atoms with Gasteiger partial charge in [0.2, 0.25) is 5.91 Å². The fourth-order valence-electron chi connectivity index (χ4n) is 3.38. The number of carbonyl (C=O) groups excluding carboxylic acids is 2. The highest BCUT2D eigenvalue weighted by Crippen LogP contribution is 2.29. The molecule has 0 bridgehead atoms. The largest absolute Gasteiger partial charge is 0.384 e. The molecule has 1 aromatic carbocycles. The lowest BCUT2D eigenvalue weighted by Gasteiger charge is -2.14. The molecule has 2 aromatic heterocycles. The third kappa shape index (κ3) is 3.27. The number of rotatable bonds is 4. The Labute approximate surface area is 166 Å². The van der Waals surface area contributed by atoms with E-state index in [0.29, 0.717) is 52.9 Å². The summed E-state index contributed by atoms with van der Waals surface area (Å²) >= 11 is 5.88. The van der Waals surface area contributed by atoms with Crippen LogP contribution in [0.3, 0.4) is 0 Å². The van der Waals surface area contributed by atoms with Crippen LogP contribution >= 0.6 is 11.6 Å². The average Bonchev–Trinajstić information content (AvgIpc) is 3.27. The van der Waals surface area contributed by atoms with E-state index >= 15 is 0 Å². The maximum absolute atomic E-state index is 12.7. The highest BCUT2D eigenvalue weighted by atomic mass is 35.5. The number of carbonyl (C=O) groups is 2. The van der Waals surface area contributed by atoms with Gasteiger partial charge in [-0.05, 0) is 31.2 Å². The number of hydrogen-bond donors (Lipinski definition) is 2. The summed E-state index contributed by atoms with van der Waals surface area (Å²) < 4.78 is 1.43. The first-order chi connectivity index (χ1) is 13.5. The molecular formula is C19H19ClN6O2. The Bertz CT molecular complexity index is 1060. The van der Waals surface area contributed by atoms with Crippen molar-refractivity contribution in [3.8, 4) is 0 Å². The number of nitrogens with two attached hydrogens (primary N) is 1. The SMILES string of the molecule is CCN1CC(c2cc(N)n3ncc(C(=O)Nc4ccc(Cl)cc4)c3n2)CC1=O. The highest BCUT2D eigenvalue weighted by Gasteiger charge is 2.31. The summed E-state index contributed by atoms with van der Waals surface area (Å²) in [6.45, 7) is 3.20. The predicted molar refractivity (Wildman–Crippen MR) is 106 cm³/mol. The molecule has 1 aliphatic rings. The first-order valence-electron chi connectivity index (χ1n) is 8.95. The molecule has 1 aliphatic heterocycles. The zero-order valence-corrected chi connectivity index (χ0v) is 16.0. The number of fused-ring (bicyclic) bond motifs is 1.